The maximum absolute atomic E-state index is 13.6. The Labute approximate surface area is 155 Å². The lowest BCUT2D eigenvalue weighted by Gasteiger charge is -2.22. The molecule has 142 valence electrons. The van der Waals surface area contributed by atoms with Gasteiger partial charge in [-0.05, 0) is 30.9 Å². The van der Waals surface area contributed by atoms with Gasteiger partial charge in [-0.2, -0.15) is 18.3 Å². The Balaban J connectivity index is 1.74. The molecule has 2 fully saturated rings. The second kappa shape index (κ2) is 7.02. The Hall–Kier alpha value is -2.30. The normalized spacial score (nSPS) is 20.4. The van der Waals surface area contributed by atoms with E-state index in [1.54, 1.807) is 4.68 Å². The zero-order valence-electron chi connectivity index (χ0n) is 14.6. The van der Waals surface area contributed by atoms with E-state index in [1.807, 2.05) is 6.20 Å². The average Bonchev–Trinajstić information content (AvgIpc) is 3.42. The molecule has 1 saturated carbocycles. The van der Waals surface area contributed by atoms with Gasteiger partial charge in [-0.3, -0.25) is 4.68 Å². The van der Waals surface area contributed by atoms with Crippen LogP contribution in [-0.2, 0) is 22.2 Å². The predicted octanol–water partition coefficient (Wildman–Crippen LogP) is 3.84. The maximum Gasteiger partial charge on any atom is 0.417 e. The van der Waals surface area contributed by atoms with Gasteiger partial charge >= 0.3 is 6.18 Å². The molecule has 1 aliphatic heterocycles. The van der Waals surface area contributed by atoms with Gasteiger partial charge in [0.15, 0.2) is 0 Å². The summed E-state index contributed by atoms with van der Waals surface area (Å²) in [5.74, 6) is 2.53. The Morgan fingerprint density at radius 1 is 1.26 bits per heavy atom. The Kier molecular flexibility index (Phi) is 4.70. The van der Waals surface area contributed by atoms with E-state index in [9.17, 15) is 13.2 Å². The zero-order valence-corrected chi connectivity index (χ0v) is 14.6. The van der Waals surface area contributed by atoms with E-state index in [0.717, 1.165) is 24.5 Å². The van der Waals surface area contributed by atoms with Crippen LogP contribution in [0.25, 0.3) is 11.3 Å². The van der Waals surface area contributed by atoms with Crippen molar-refractivity contribution in [3.8, 4) is 23.6 Å². The molecule has 7 heteroatoms. The lowest BCUT2D eigenvalue weighted by Crippen LogP contribution is -2.32. The number of benzene rings is 1. The number of alkyl halides is 3. The first-order valence-electron chi connectivity index (χ1n) is 8.90. The highest BCUT2D eigenvalue weighted by atomic mass is 19.4. The summed E-state index contributed by atoms with van der Waals surface area (Å²) in [6.45, 7) is 1.98. The van der Waals surface area contributed by atoms with Gasteiger partial charge in [0.2, 0.25) is 0 Å². The van der Waals surface area contributed by atoms with Gasteiger partial charge in [0.25, 0.3) is 0 Å². The van der Waals surface area contributed by atoms with E-state index in [1.165, 1.54) is 12.1 Å². The van der Waals surface area contributed by atoms with Crippen molar-refractivity contribution >= 4 is 0 Å². The minimum absolute atomic E-state index is 0.0722. The maximum atomic E-state index is 13.6. The van der Waals surface area contributed by atoms with Gasteiger partial charge in [0, 0.05) is 22.9 Å². The van der Waals surface area contributed by atoms with E-state index in [2.05, 4.69) is 11.0 Å². The smallest absolute Gasteiger partial charge is 0.376 e. The standard InChI is InChI=1S/C20H19F3N2O2/c1-2-13-3-6-16(18(9-13)20(21,22)23)19-17(14-4-5-14)11-25(24-19)10-15-12-26-7-8-27-15/h1,3,6,9,11,14-15H,4-5,7-8,10,12H2/t15-/m0/s1. The van der Waals surface area contributed by atoms with Crippen LogP contribution in [0.1, 0.15) is 35.4 Å². The molecule has 1 aromatic carbocycles. The summed E-state index contributed by atoms with van der Waals surface area (Å²) in [7, 11) is 0. The van der Waals surface area contributed by atoms with E-state index in [4.69, 9.17) is 15.9 Å². The number of halogens is 3. The second-order valence-corrected chi connectivity index (χ2v) is 6.90. The van der Waals surface area contributed by atoms with Crippen LogP contribution in [0.3, 0.4) is 0 Å². The average molecular weight is 376 g/mol. The molecule has 0 bridgehead atoms. The molecule has 0 spiro atoms. The van der Waals surface area contributed by atoms with Crippen molar-refractivity contribution in [2.75, 3.05) is 19.8 Å². The molecular formula is C20H19F3N2O2. The Morgan fingerprint density at radius 3 is 2.70 bits per heavy atom. The van der Waals surface area contributed by atoms with E-state index in [0.29, 0.717) is 32.1 Å². The molecular weight excluding hydrogens is 357 g/mol. The fourth-order valence-corrected chi connectivity index (χ4v) is 3.36. The third-order valence-corrected chi connectivity index (χ3v) is 4.83. The number of nitrogens with zero attached hydrogens (tertiary/aromatic N) is 2. The van der Waals surface area contributed by atoms with Gasteiger partial charge in [-0.1, -0.05) is 12.0 Å². The SMILES string of the molecule is C#Cc1ccc(-c2nn(C[C@H]3COCCO3)cc2C2CC2)c(C(F)(F)F)c1. The molecule has 1 atom stereocenters. The fourth-order valence-electron chi connectivity index (χ4n) is 3.36. The largest absolute Gasteiger partial charge is 0.417 e. The number of hydrogen-bond donors (Lipinski definition) is 0. The zero-order chi connectivity index (χ0) is 19.0. The van der Waals surface area contributed by atoms with Crippen molar-refractivity contribution in [2.24, 2.45) is 0 Å². The van der Waals surface area contributed by atoms with Crippen molar-refractivity contribution < 1.29 is 22.6 Å². The van der Waals surface area contributed by atoms with Crippen molar-refractivity contribution in [1.82, 2.24) is 9.78 Å². The van der Waals surface area contributed by atoms with Crippen LogP contribution in [0.15, 0.2) is 24.4 Å². The second-order valence-electron chi connectivity index (χ2n) is 6.90. The first-order valence-corrected chi connectivity index (χ1v) is 8.90. The van der Waals surface area contributed by atoms with Crippen LogP contribution < -0.4 is 0 Å². The van der Waals surface area contributed by atoms with Gasteiger partial charge in [-0.15, -0.1) is 6.42 Å². The molecule has 1 aliphatic carbocycles. The Bertz CT molecular complexity index is 872. The van der Waals surface area contributed by atoms with Gasteiger partial charge in [0.05, 0.1) is 37.6 Å². The highest BCUT2D eigenvalue weighted by molar-refractivity contribution is 5.70. The summed E-state index contributed by atoms with van der Waals surface area (Å²) in [6, 6.07) is 3.97. The molecule has 27 heavy (non-hydrogen) atoms. The molecule has 0 N–H and O–H groups in total. The number of hydrogen-bond acceptors (Lipinski definition) is 3. The number of rotatable bonds is 4. The first-order chi connectivity index (χ1) is 13.0. The molecule has 0 unspecified atom stereocenters. The summed E-state index contributed by atoms with van der Waals surface area (Å²) >= 11 is 0. The fraction of sp³-hybridized carbons (Fsp3) is 0.450. The first kappa shape index (κ1) is 18.1. The molecule has 4 nitrogen and oxygen atoms in total. The molecule has 2 aromatic rings. The van der Waals surface area contributed by atoms with Gasteiger partial charge in [-0.25, -0.2) is 0 Å². The van der Waals surface area contributed by atoms with Gasteiger partial charge in [0.1, 0.15) is 6.10 Å². The van der Waals surface area contributed by atoms with E-state index < -0.39 is 11.7 Å². The number of ether oxygens (including phenoxy) is 2. The lowest BCUT2D eigenvalue weighted by atomic mass is 9.97. The number of terminal acetylenes is 1. The Morgan fingerprint density at radius 2 is 2.07 bits per heavy atom. The third kappa shape index (κ3) is 3.87. The molecule has 2 heterocycles. The molecule has 1 aromatic heterocycles. The topological polar surface area (TPSA) is 36.3 Å². The molecule has 0 radical (unpaired) electrons. The minimum Gasteiger partial charge on any atom is -0.376 e. The van der Waals surface area contributed by atoms with Crippen molar-refractivity contribution in [3.63, 3.8) is 0 Å². The molecule has 1 saturated heterocycles. The minimum atomic E-state index is -4.51. The van der Waals surface area contributed by atoms with Crippen LogP contribution in [0.2, 0.25) is 0 Å². The predicted molar refractivity (Wildman–Crippen MR) is 93.1 cm³/mol. The quantitative estimate of drug-likeness (QED) is 0.761. The third-order valence-electron chi connectivity index (χ3n) is 4.83. The highest BCUT2D eigenvalue weighted by Gasteiger charge is 2.37. The van der Waals surface area contributed by atoms with Crippen molar-refractivity contribution in [2.45, 2.75) is 37.6 Å². The number of aromatic nitrogens is 2. The van der Waals surface area contributed by atoms with Crippen LogP contribution in [-0.4, -0.2) is 35.7 Å². The monoisotopic (exact) mass is 376 g/mol. The summed E-state index contributed by atoms with van der Waals surface area (Å²) in [5.41, 5.74) is 0.757. The van der Waals surface area contributed by atoms with Crippen molar-refractivity contribution in [3.05, 3.63) is 41.1 Å². The van der Waals surface area contributed by atoms with Gasteiger partial charge < -0.3 is 9.47 Å². The van der Waals surface area contributed by atoms with E-state index >= 15 is 0 Å². The molecule has 4 rings (SSSR count). The van der Waals surface area contributed by atoms with Crippen LogP contribution in [0, 0.1) is 12.3 Å². The van der Waals surface area contributed by atoms with E-state index in [-0.39, 0.29) is 23.1 Å². The summed E-state index contributed by atoms with van der Waals surface area (Å²) in [5, 5.41) is 4.49. The van der Waals surface area contributed by atoms with Crippen LogP contribution >= 0.6 is 0 Å². The summed E-state index contributed by atoms with van der Waals surface area (Å²) in [6.07, 6.45) is 4.40. The summed E-state index contributed by atoms with van der Waals surface area (Å²) in [4.78, 5) is 0. The lowest BCUT2D eigenvalue weighted by molar-refractivity contribution is -0.137. The highest BCUT2D eigenvalue weighted by Crippen LogP contribution is 2.46. The summed E-state index contributed by atoms with van der Waals surface area (Å²) < 4.78 is 53.6. The van der Waals surface area contributed by atoms with Crippen LogP contribution in [0.4, 0.5) is 13.2 Å². The van der Waals surface area contributed by atoms with Crippen molar-refractivity contribution in [1.29, 1.82) is 0 Å². The molecule has 2 aliphatic rings. The molecule has 0 amide bonds. The van der Waals surface area contributed by atoms with Crippen LogP contribution in [0.5, 0.6) is 0 Å².